The van der Waals surface area contributed by atoms with Crippen LogP contribution in [-0.2, 0) is 9.84 Å². The Morgan fingerprint density at radius 1 is 1.05 bits per heavy atom. The summed E-state index contributed by atoms with van der Waals surface area (Å²) in [5.41, 5.74) is 0.683. The summed E-state index contributed by atoms with van der Waals surface area (Å²) < 4.78 is 30.6. The lowest BCUT2D eigenvalue weighted by Crippen LogP contribution is -2.15. The SMILES string of the molecule is COc1ccc(S(=O)(=O)C(CCO)c2ccccc2)cc1. The Kier molecular flexibility index (Phi) is 4.98. The number of rotatable bonds is 6. The summed E-state index contributed by atoms with van der Waals surface area (Å²) >= 11 is 0. The van der Waals surface area contributed by atoms with Crippen LogP contribution in [0.15, 0.2) is 59.5 Å². The van der Waals surface area contributed by atoms with Gasteiger partial charge in [-0.15, -0.1) is 0 Å². The molecule has 1 unspecified atom stereocenters. The third-order valence-electron chi connectivity index (χ3n) is 3.33. The predicted molar refractivity (Wildman–Crippen MR) is 81.1 cm³/mol. The lowest BCUT2D eigenvalue weighted by Gasteiger charge is -2.17. The maximum Gasteiger partial charge on any atom is 0.185 e. The molecule has 0 fully saturated rings. The molecule has 0 saturated heterocycles. The summed E-state index contributed by atoms with van der Waals surface area (Å²) in [4.78, 5) is 0.227. The molecule has 1 atom stereocenters. The van der Waals surface area contributed by atoms with Crippen LogP contribution in [0.2, 0.25) is 0 Å². The van der Waals surface area contributed by atoms with Crippen molar-refractivity contribution in [3.63, 3.8) is 0 Å². The fraction of sp³-hybridized carbons (Fsp3) is 0.250. The number of hydrogen-bond donors (Lipinski definition) is 1. The third kappa shape index (κ3) is 3.43. The maximum atomic E-state index is 12.8. The molecule has 2 rings (SSSR count). The van der Waals surface area contributed by atoms with E-state index in [1.807, 2.05) is 6.07 Å². The lowest BCUT2D eigenvalue weighted by atomic mass is 10.1. The Morgan fingerprint density at radius 2 is 1.67 bits per heavy atom. The Bertz CT molecular complexity index is 663. The number of benzene rings is 2. The minimum absolute atomic E-state index is 0.165. The van der Waals surface area contributed by atoms with Crippen LogP contribution >= 0.6 is 0 Å². The van der Waals surface area contributed by atoms with E-state index in [2.05, 4.69) is 0 Å². The molecule has 0 aliphatic carbocycles. The fourth-order valence-electron chi connectivity index (χ4n) is 2.22. The molecule has 0 bridgehead atoms. The molecule has 0 radical (unpaired) electrons. The van der Waals surface area contributed by atoms with Crippen molar-refractivity contribution in [2.24, 2.45) is 0 Å². The van der Waals surface area contributed by atoms with Gasteiger partial charge in [0.15, 0.2) is 9.84 Å². The van der Waals surface area contributed by atoms with E-state index in [9.17, 15) is 13.5 Å². The van der Waals surface area contributed by atoms with Gasteiger partial charge in [-0.05, 0) is 36.2 Å². The Morgan fingerprint density at radius 3 is 2.19 bits per heavy atom. The summed E-state index contributed by atoms with van der Waals surface area (Å²) in [6.07, 6.45) is 0.165. The molecule has 0 aliphatic rings. The average molecular weight is 306 g/mol. The van der Waals surface area contributed by atoms with Crippen LogP contribution in [0.5, 0.6) is 5.75 Å². The van der Waals surface area contributed by atoms with E-state index in [-0.39, 0.29) is 17.9 Å². The summed E-state index contributed by atoms with van der Waals surface area (Å²) in [6.45, 7) is -0.186. The van der Waals surface area contributed by atoms with Gasteiger partial charge in [0.25, 0.3) is 0 Å². The maximum absolute atomic E-state index is 12.8. The number of hydrogen-bond acceptors (Lipinski definition) is 4. The summed E-state index contributed by atoms with van der Waals surface area (Å²) in [5, 5.41) is 8.45. The first-order valence-corrected chi connectivity index (χ1v) is 8.18. The Labute approximate surface area is 124 Å². The number of methoxy groups -OCH3 is 1. The molecule has 1 N–H and O–H groups in total. The van der Waals surface area contributed by atoms with Crippen molar-refractivity contribution in [3.05, 3.63) is 60.2 Å². The lowest BCUT2D eigenvalue weighted by molar-refractivity contribution is 0.285. The van der Waals surface area contributed by atoms with Crippen molar-refractivity contribution in [2.45, 2.75) is 16.6 Å². The fourth-order valence-corrected chi connectivity index (χ4v) is 3.99. The molecule has 2 aromatic carbocycles. The van der Waals surface area contributed by atoms with Crippen LogP contribution < -0.4 is 4.74 Å². The van der Waals surface area contributed by atoms with E-state index in [0.717, 1.165) is 0 Å². The highest BCUT2D eigenvalue weighted by Crippen LogP contribution is 2.32. The van der Waals surface area contributed by atoms with Crippen molar-refractivity contribution in [1.82, 2.24) is 0 Å². The second kappa shape index (κ2) is 6.74. The number of ether oxygens (including phenoxy) is 1. The zero-order valence-corrected chi connectivity index (χ0v) is 12.6. The van der Waals surface area contributed by atoms with Crippen molar-refractivity contribution < 1.29 is 18.3 Å². The molecular weight excluding hydrogens is 288 g/mol. The van der Waals surface area contributed by atoms with Gasteiger partial charge in [-0.1, -0.05) is 30.3 Å². The highest BCUT2D eigenvalue weighted by atomic mass is 32.2. The van der Waals surface area contributed by atoms with Crippen molar-refractivity contribution in [2.75, 3.05) is 13.7 Å². The topological polar surface area (TPSA) is 63.6 Å². The standard InChI is InChI=1S/C16H18O4S/c1-20-14-7-9-15(10-8-14)21(18,19)16(11-12-17)13-5-3-2-4-6-13/h2-10,16-17H,11-12H2,1H3. The first-order chi connectivity index (χ1) is 10.1. The zero-order chi connectivity index (χ0) is 15.3. The van der Waals surface area contributed by atoms with Crippen molar-refractivity contribution >= 4 is 9.84 Å². The number of sulfone groups is 1. The van der Waals surface area contributed by atoms with Gasteiger partial charge in [-0.3, -0.25) is 0 Å². The van der Waals surface area contributed by atoms with Gasteiger partial charge < -0.3 is 9.84 Å². The van der Waals surface area contributed by atoms with Gasteiger partial charge in [-0.2, -0.15) is 0 Å². The van der Waals surface area contributed by atoms with Crippen molar-refractivity contribution in [3.8, 4) is 5.75 Å². The molecule has 112 valence electrons. The van der Waals surface area contributed by atoms with Crippen LogP contribution in [0, 0.1) is 0 Å². The van der Waals surface area contributed by atoms with E-state index < -0.39 is 15.1 Å². The van der Waals surface area contributed by atoms with Crippen LogP contribution in [-0.4, -0.2) is 27.2 Å². The van der Waals surface area contributed by atoms with Crippen LogP contribution in [0.4, 0.5) is 0 Å². The predicted octanol–water partition coefficient (Wildman–Crippen LogP) is 2.59. The first-order valence-electron chi connectivity index (χ1n) is 6.63. The molecule has 0 saturated carbocycles. The minimum atomic E-state index is -3.56. The van der Waals surface area contributed by atoms with Crippen LogP contribution in [0.25, 0.3) is 0 Å². The number of aliphatic hydroxyl groups is 1. The van der Waals surface area contributed by atoms with Gasteiger partial charge in [0.1, 0.15) is 5.75 Å². The highest BCUT2D eigenvalue weighted by Gasteiger charge is 2.28. The second-order valence-corrected chi connectivity index (χ2v) is 6.76. The van der Waals surface area contributed by atoms with E-state index in [4.69, 9.17) is 4.74 Å². The third-order valence-corrected chi connectivity index (χ3v) is 5.51. The Hall–Kier alpha value is -1.85. The number of aliphatic hydroxyl groups excluding tert-OH is 1. The van der Waals surface area contributed by atoms with Crippen LogP contribution in [0.1, 0.15) is 17.2 Å². The molecule has 0 aromatic heterocycles. The van der Waals surface area contributed by atoms with Crippen molar-refractivity contribution in [1.29, 1.82) is 0 Å². The molecule has 0 spiro atoms. The van der Waals surface area contributed by atoms with E-state index in [1.54, 1.807) is 36.4 Å². The van der Waals surface area contributed by atoms with Crippen LogP contribution in [0.3, 0.4) is 0 Å². The van der Waals surface area contributed by atoms with Gasteiger partial charge in [-0.25, -0.2) is 8.42 Å². The highest BCUT2D eigenvalue weighted by molar-refractivity contribution is 7.91. The summed E-state index contributed by atoms with van der Waals surface area (Å²) in [6, 6.07) is 15.2. The molecule has 0 aliphatic heterocycles. The normalized spacial score (nSPS) is 12.9. The Balaban J connectivity index is 2.42. The van der Waals surface area contributed by atoms with Gasteiger partial charge >= 0.3 is 0 Å². The average Bonchev–Trinajstić information content (AvgIpc) is 2.53. The monoisotopic (exact) mass is 306 g/mol. The van der Waals surface area contributed by atoms with Gasteiger partial charge in [0, 0.05) is 6.61 Å². The van der Waals surface area contributed by atoms with Gasteiger partial charge in [0.2, 0.25) is 0 Å². The molecule has 0 amide bonds. The van der Waals surface area contributed by atoms with E-state index in [0.29, 0.717) is 11.3 Å². The molecule has 21 heavy (non-hydrogen) atoms. The smallest absolute Gasteiger partial charge is 0.185 e. The van der Waals surface area contributed by atoms with Gasteiger partial charge in [0.05, 0.1) is 17.3 Å². The van der Waals surface area contributed by atoms with E-state index >= 15 is 0 Å². The summed E-state index contributed by atoms with van der Waals surface area (Å²) in [5.74, 6) is 0.604. The first kappa shape index (κ1) is 15.5. The zero-order valence-electron chi connectivity index (χ0n) is 11.8. The molecule has 2 aromatic rings. The molecule has 0 heterocycles. The molecule has 4 nitrogen and oxygen atoms in total. The summed E-state index contributed by atoms with van der Waals surface area (Å²) in [7, 11) is -2.03. The molecular formula is C16H18O4S. The minimum Gasteiger partial charge on any atom is -0.497 e. The molecule has 5 heteroatoms. The second-order valence-electron chi connectivity index (χ2n) is 4.63. The quantitative estimate of drug-likeness (QED) is 0.891. The van der Waals surface area contributed by atoms with E-state index in [1.165, 1.54) is 19.2 Å². The largest absolute Gasteiger partial charge is 0.497 e.